The van der Waals surface area contributed by atoms with Crippen LogP contribution < -0.4 is 4.90 Å². The SMILES string of the molecule is CN1CCC2CCN(c3nnc(-c4ccc(C=C(F)F)cc4O)c4sccc34)C2C1. The van der Waals surface area contributed by atoms with Crippen molar-refractivity contribution in [3.8, 4) is 17.0 Å². The molecule has 2 aliphatic rings. The summed E-state index contributed by atoms with van der Waals surface area (Å²) in [5, 5.41) is 22.6. The topological polar surface area (TPSA) is 52.5 Å². The third-order valence-electron chi connectivity index (χ3n) is 6.26. The maximum Gasteiger partial charge on any atom is 0.270 e. The number of phenolic OH excluding ortho intramolecular Hbond substituents is 1. The zero-order valence-corrected chi connectivity index (χ0v) is 17.4. The lowest BCUT2D eigenvalue weighted by Gasteiger charge is -2.37. The highest BCUT2D eigenvalue weighted by atomic mass is 32.1. The van der Waals surface area contributed by atoms with Crippen LogP contribution in [0.25, 0.3) is 27.4 Å². The maximum atomic E-state index is 12.5. The number of piperidine rings is 1. The van der Waals surface area contributed by atoms with Gasteiger partial charge >= 0.3 is 0 Å². The minimum Gasteiger partial charge on any atom is -0.507 e. The van der Waals surface area contributed by atoms with E-state index in [1.54, 1.807) is 23.5 Å². The molecule has 0 saturated carbocycles. The first kappa shape index (κ1) is 19.4. The van der Waals surface area contributed by atoms with Gasteiger partial charge in [0.05, 0.1) is 4.70 Å². The fraction of sp³-hybridized carbons (Fsp3) is 0.364. The van der Waals surface area contributed by atoms with E-state index in [9.17, 15) is 13.9 Å². The number of halogens is 2. The summed E-state index contributed by atoms with van der Waals surface area (Å²) >= 11 is 1.55. The Labute approximate surface area is 177 Å². The number of anilines is 1. The lowest BCUT2D eigenvalue weighted by atomic mass is 9.92. The van der Waals surface area contributed by atoms with E-state index in [2.05, 4.69) is 33.1 Å². The smallest absolute Gasteiger partial charge is 0.270 e. The largest absolute Gasteiger partial charge is 0.507 e. The molecule has 2 fully saturated rings. The number of likely N-dealkylation sites (N-methyl/N-ethyl adjacent to an activating group) is 1. The minimum absolute atomic E-state index is 0.0862. The summed E-state index contributed by atoms with van der Waals surface area (Å²) in [7, 11) is 2.16. The van der Waals surface area contributed by atoms with Gasteiger partial charge in [0.15, 0.2) is 5.82 Å². The molecule has 8 heteroatoms. The van der Waals surface area contributed by atoms with E-state index in [1.807, 2.05) is 5.38 Å². The van der Waals surface area contributed by atoms with Crippen LogP contribution in [-0.4, -0.2) is 52.9 Å². The van der Waals surface area contributed by atoms with E-state index in [4.69, 9.17) is 0 Å². The lowest BCUT2D eigenvalue weighted by molar-refractivity contribution is 0.208. The highest BCUT2D eigenvalue weighted by molar-refractivity contribution is 7.17. The van der Waals surface area contributed by atoms with Crippen molar-refractivity contribution in [3.05, 3.63) is 41.3 Å². The van der Waals surface area contributed by atoms with Crippen molar-refractivity contribution >= 4 is 33.3 Å². The van der Waals surface area contributed by atoms with Crippen molar-refractivity contribution in [1.82, 2.24) is 15.1 Å². The van der Waals surface area contributed by atoms with Crippen LogP contribution in [0.1, 0.15) is 18.4 Å². The maximum absolute atomic E-state index is 12.5. The van der Waals surface area contributed by atoms with Crippen LogP contribution in [0.5, 0.6) is 5.75 Å². The highest BCUT2D eigenvalue weighted by Gasteiger charge is 2.39. The number of rotatable bonds is 3. The van der Waals surface area contributed by atoms with E-state index >= 15 is 0 Å². The van der Waals surface area contributed by atoms with Crippen LogP contribution in [0.4, 0.5) is 14.6 Å². The number of benzene rings is 1. The first-order valence-corrected chi connectivity index (χ1v) is 10.9. The molecule has 5 rings (SSSR count). The number of nitrogens with zero attached hydrogens (tertiary/aromatic N) is 4. The summed E-state index contributed by atoms with van der Waals surface area (Å²) in [5.74, 6) is 1.50. The summed E-state index contributed by atoms with van der Waals surface area (Å²) in [4.78, 5) is 4.77. The summed E-state index contributed by atoms with van der Waals surface area (Å²) in [6.07, 6.45) is 1.31. The van der Waals surface area contributed by atoms with Crippen molar-refractivity contribution < 1.29 is 13.9 Å². The zero-order valence-electron chi connectivity index (χ0n) is 16.6. The van der Waals surface area contributed by atoms with Gasteiger partial charge in [0.25, 0.3) is 6.08 Å². The molecule has 4 heterocycles. The molecule has 0 spiro atoms. The minimum atomic E-state index is -1.80. The molecular weight excluding hydrogens is 406 g/mol. The zero-order chi connectivity index (χ0) is 20.8. The van der Waals surface area contributed by atoms with Gasteiger partial charge in [-0.15, -0.1) is 21.5 Å². The van der Waals surface area contributed by atoms with Crippen LogP contribution in [0.15, 0.2) is 35.7 Å². The van der Waals surface area contributed by atoms with Crippen molar-refractivity contribution in [3.63, 3.8) is 0 Å². The van der Waals surface area contributed by atoms with Gasteiger partial charge in [0.1, 0.15) is 11.4 Å². The third kappa shape index (κ3) is 3.33. The van der Waals surface area contributed by atoms with E-state index in [1.165, 1.54) is 18.9 Å². The Morgan fingerprint density at radius 3 is 2.83 bits per heavy atom. The first-order valence-electron chi connectivity index (χ1n) is 10.1. The molecule has 0 aliphatic carbocycles. The number of thiophene rings is 1. The summed E-state index contributed by atoms with van der Waals surface area (Å²) in [5.41, 5.74) is 1.32. The molecule has 0 amide bonds. The molecule has 1 aromatic carbocycles. The van der Waals surface area contributed by atoms with Crippen molar-refractivity contribution in [2.45, 2.75) is 18.9 Å². The van der Waals surface area contributed by atoms with E-state index in [-0.39, 0.29) is 11.3 Å². The van der Waals surface area contributed by atoms with Crippen molar-refractivity contribution in [2.75, 3.05) is 31.6 Å². The summed E-state index contributed by atoms with van der Waals surface area (Å²) < 4.78 is 26.0. The Morgan fingerprint density at radius 1 is 1.20 bits per heavy atom. The van der Waals surface area contributed by atoms with E-state index in [0.717, 1.165) is 41.6 Å². The van der Waals surface area contributed by atoms with Gasteiger partial charge in [-0.25, -0.2) is 0 Å². The molecule has 5 nitrogen and oxygen atoms in total. The molecule has 3 aromatic rings. The third-order valence-corrected chi connectivity index (χ3v) is 7.18. The molecule has 2 aromatic heterocycles. The molecule has 2 unspecified atom stereocenters. The predicted molar refractivity (Wildman–Crippen MR) is 116 cm³/mol. The number of phenols is 1. The number of hydrogen-bond donors (Lipinski definition) is 1. The fourth-order valence-electron chi connectivity index (χ4n) is 4.78. The van der Waals surface area contributed by atoms with Crippen molar-refractivity contribution in [2.24, 2.45) is 5.92 Å². The molecule has 0 bridgehead atoms. The van der Waals surface area contributed by atoms with Gasteiger partial charge in [-0.2, -0.15) is 8.78 Å². The Morgan fingerprint density at radius 2 is 2.03 bits per heavy atom. The van der Waals surface area contributed by atoms with Gasteiger partial charge in [-0.3, -0.25) is 0 Å². The second-order valence-corrected chi connectivity index (χ2v) is 9.02. The quantitative estimate of drug-likeness (QED) is 0.648. The first-order chi connectivity index (χ1) is 14.5. The monoisotopic (exact) mass is 428 g/mol. The van der Waals surface area contributed by atoms with Crippen LogP contribution in [0, 0.1) is 5.92 Å². The molecule has 30 heavy (non-hydrogen) atoms. The second kappa shape index (κ2) is 7.59. The van der Waals surface area contributed by atoms with Gasteiger partial charge in [-0.05, 0) is 61.5 Å². The molecule has 1 N–H and O–H groups in total. The molecular formula is C22H22F2N4OS. The van der Waals surface area contributed by atoms with Crippen LogP contribution >= 0.6 is 11.3 Å². The fourth-order valence-corrected chi connectivity index (χ4v) is 5.67. The highest BCUT2D eigenvalue weighted by Crippen LogP contribution is 2.42. The van der Waals surface area contributed by atoms with Crippen LogP contribution in [0.2, 0.25) is 0 Å². The average Bonchev–Trinajstić information content (AvgIpc) is 3.34. The number of hydrogen-bond acceptors (Lipinski definition) is 6. The number of aromatic hydroxyl groups is 1. The Hall–Kier alpha value is -2.58. The van der Waals surface area contributed by atoms with Crippen molar-refractivity contribution in [1.29, 1.82) is 0 Å². The van der Waals surface area contributed by atoms with Crippen LogP contribution in [-0.2, 0) is 0 Å². The van der Waals surface area contributed by atoms with E-state index < -0.39 is 6.08 Å². The Bertz CT molecular complexity index is 1130. The van der Waals surface area contributed by atoms with Gasteiger partial charge in [0, 0.05) is 36.2 Å². The molecule has 2 atom stereocenters. The average molecular weight is 429 g/mol. The molecule has 0 radical (unpaired) electrons. The Kier molecular flexibility index (Phi) is 4.91. The van der Waals surface area contributed by atoms with Gasteiger partial charge in [0.2, 0.25) is 0 Å². The number of fused-ring (bicyclic) bond motifs is 2. The standard InChI is InChI=1S/C22H22F2N4OS/c1-27-7-4-14-5-8-28(17(14)12-27)22-16-6-9-30-21(16)20(25-26-22)15-3-2-13(10-18(15)29)11-19(23)24/h2-3,6,9-11,14,17,29H,4-5,7-8,12H2,1H3. The number of aromatic nitrogens is 2. The van der Waals surface area contributed by atoms with Gasteiger partial charge < -0.3 is 14.9 Å². The Balaban J connectivity index is 1.55. The van der Waals surface area contributed by atoms with Crippen LogP contribution in [0.3, 0.4) is 0 Å². The summed E-state index contributed by atoms with van der Waals surface area (Å²) in [6, 6.07) is 7.00. The molecule has 2 saturated heterocycles. The summed E-state index contributed by atoms with van der Waals surface area (Å²) in [6.45, 7) is 3.15. The number of likely N-dealkylation sites (tertiary alicyclic amines) is 1. The normalized spacial score (nSPS) is 21.8. The second-order valence-electron chi connectivity index (χ2n) is 8.11. The molecule has 156 valence electrons. The van der Waals surface area contributed by atoms with Gasteiger partial charge in [-0.1, -0.05) is 6.07 Å². The lowest BCUT2D eigenvalue weighted by Crippen LogP contribution is -2.47. The van der Waals surface area contributed by atoms with E-state index in [0.29, 0.717) is 23.2 Å². The predicted octanol–water partition coefficient (Wildman–Crippen LogP) is 4.83. The molecule has 2 aliphatic heterocycles.